The first kappa shape index (κ1) is 14.7. The first-order valence-corrected chi connectivity index (χ1v) is 7.35. The maximum Gasteiger partial charge on any atom is 0.0930 e. The first-order chi connectivity index (χ1) is 10.9. The number of rotatable bonds is 0. The fourth-order valence-electron chi connectivity index (χ4n) is 3.31. The number of nitrogens with zero attached hydrogens (tertiary/aromatic N) is 4. The van der Waals surface area contributed by atoms with E-state index in [0.29, 0.717) is 0 Å². The van der Waals surface area contributed by atoms with Gasteiger partial charge in [0.15, 0.2) is 0 Å². The van der Waals surface area contributed by atoms with E-state index in [0.717, 1.165) is 24.2 Å². The van der Waals surface area contributed by atoms with E-state index < -0.39 is 0 Å². The van der Waals surface area contributed by atoms with Crippen molar-refractivity contribution in [2.45, 2.75) is 12.8 Å². The molecule has 1 aliphatic rings. The molecule has 5 rings (SSSR count). The molecule has 5 heteroatoms. The average molecular weight is 307 g/mol. The van der Waals surface area contributed by atoms with Gasteiger partial charge in [-0.15, -0.1) is 10.2 Å². The van der Waals surface area contributed by atoms with E-state index in [1.54, 1.807) is 0 Å². The second-order valence-corrected chi connectivity index (χ2v) is 5.79. The summed E-state index contributed by atoms with van der Waals surface area (Å²) in [5.41, 5.74) is 4.53. The van der Waals surface area contributed by atoms with Gasteiger partial charge >= 0.3 is 0 Å². The van der Waals surface area contributed by atoms with Gasteiger partial charge in [-0.25, -0.2) is 0 Å². The minimum atomic E-state index is 0. The van der Waals surface area contributed by atoms with E-state index in [9.17, 15) is 0 Å². The van der Waals surface area contributed by atoms with E-state index in [1.807, 2.05) is 0 Å². The van der Waals surface area contributed by atoms with Crippen molar-refractivity contribution in [3.05, 3.63) is 71.0 Å². The van der Waals surface area contributed by atoms with Crippen LogP contribution in [0.4, 0.5) is 0 Å². The zero-order valence-corrected chi connectivity index (χ0v) is 14.8. The molecule has 0 aliphatic heterocycles. The third kappa shape index (κ3) is 2.43. The maximum atomic E-state index is 4.12. The van der Waals surface area contributed by atoms with Gasteiger partial charge in [-0.05, 0) is 55.2 Å². The van der Waals surface area contributed by atoms with Crippen LogP contribution in [0.3, 0.4) is 0 Å². The van der Waals surface area contributed by atoms with E-state index in [4.69, 9.17) is 0 Å². The van der Waals surface area contributed by atoms with Crippen LogP contribution in [-0.4, -0.2) is 50.2 Å². The summed E-state index contributed by atoms with van der Waals surface area (Å²) in [5.74, 6) is 0. The summed E-state index contributed by atoms with van der Waals surface area (Å²) >= 11 is 0. The molecular formula is C18H12N4Na. The van der Waals surface area contributed by atoms with Crippen LogP contribution in [0.15, 0.2) is 48.5 Å². The topological polar surface area (TPSA) is 51.6 Å². The molecule has 0 saturated carbocycles. The molecule has 0 bridgehead atoms. The van der Waals surface area contributed by atoms with Gasteiger partial charge in [-0.3, -0.25) is 0 Å². The molecule has 0 saturated heterocycles. The van der Waals surface area contributed by atoms with Gasteiger partial charge in [0.05, 0.1) is 11.4 Å². The molecule has 1 aromatic heterocycles. The van der Waals surface area contributed by atoms with Crippen LogP contribution >= 0.6 is 0 Å². The summed E-state index contributed by atoms with van der Waals surface area (Å²) in [5, 5.41) is 20.7. The molecule has 1 aliphatic carbocycles. The summed E-state index contributed by atoms with van der Waals surface area (Å²) in [6.07, 6.45) is 1.58. The Morgan fingerprint density at radius 2 is 1.09 bits per heavy atom. The van der Waals surface area contributed by atoms with Gasteiger partial charge in [0.1, 0.15) is 0 Å². The minimum absolute atomic E-state index is 0. The predicted molar refractivity (Wildman–Crippen MR) is 90.4 cm³/mol. The van der Waals surface area contributed by atoms with Gasteiger partial charge in [-0.1, -0.05) is 36.4 Å². The molecule has 4 nitrogen and oxygen atoms in total. The van der Waals surface area contributed by atoms with Crippen LogP contribution < -0.4 is 0 Å². The average Bonchev–Trinajstić information content (AvgIpc) is 2.56. The summed E-state index contributed by atoms with van der Waals surface area (Å²) in [4.78, 5) is 0. The maximum absolute atomic E-state index is 4.12. The molecular weight excluding hydrogens is 295 g/mol. The molecule has 0 spiro atoms. The molecule has 1 heterocycles. The third-order valence-corrected chi connectivity index (χ3v) is 4.44. The summed E-state index contributed by atoms with van der Waals surface area (Å²) in [6.45, 7) is 0. The Morgan fingerprint density at radius 1 is 0.609 bits per heavy atom. The van der Waals surface area contributed by atoms with Crippen molar-refractivity contribution < 1.29 is 0 Å². The van der Waals surface area contributed by atoms with Crippen molar-refractivity contribution in [3.8, 4) is 0 Å². The van der Waals surface area contributed by atoms with Crippen LogP contribution in [-0.2, 0) is 12.8 Å². The Bertz CT molecular complexity index is 962. The number of aromatic nitrogens is 4. The van der Waals surface area contributed by atoms with Crippen LogP contribution in [0.2, 0.25) is 0 Å². The number of fused-ring (bicyclic) bond motifs is 4. The summed E-state index contributed by atoms with van der Waals surface area (Å²) < 4.78 is 0. The Balaban J connectivity index is 0.00000135. The van der Waals surface area contributed by atoms with Crippen LogP contribution in [0.25, 0.3) is 21.5 Å². The van der Waals surface area contributed by atoms with Gasteiger partial charge in [0.25, 0.3) is 0 Å². The largest absolute Gasteiger partial charge is 0.131 e. The standard InChI is InChI=1S/C18H12N4.Na/c1-2-4-12-6-14-8-16-10-18-17(19-21-22-20-18)9-15(16)7-13(14)5-11(12)3-1;/h1-8H,9-10H2;. The Morgan fingerprint density at radius 3 is 1.57 bits per heavy atom. The summed E-state index contributed by atoms with van der Waals surface area (Å²) in [7, 11) is 0. The Labute approximate surface area is 155 Å². The van der Waals surface area contributed by atoms with E-state index in [2.05, 4.69) is 69.2 Å². The molecule has 23 heavy (non-hydrogen) atoms. The molecule has 4 aromatic rings. The second kappa shape index (κ2) is 5.64. The fourth-order valence-corrected chi connectivity index (χ4v) is 3.31. The predicted octanol–water partition coefficient (Wildman–Crippen LogP) is 2.69. The zero-order chi connectivity index (χ0) is 14.5. The van der Waals surface area contributed by atoms with Crippen molar-refractivity contribution >= 4 is 51.1 Å². The van der Waals surface area contributed by atoms with Crippen LogP contribution in [0.1, 0.15) is 22.5 Å². The molecule has 0 fully saturated rings. The molecule has 3 aromatic carbocycles. The van der Waals surface area contributed by atoms with Crippen molar-refractivity contribution in [3.63, 3.8) is 0 Å². The van der Waals surface area contributed by atoms with Crippen molar-refractivity contribution in [2.75, 3.05) is 0 Å². The van der Waals surface area contributed by atoms with E-state index in [1.165, 1.54) is 32.7 Å². The van der Waals surface area contributed by atoms with Crippen LogP contribution in [0.5, 0.6) is 0 Å². The van der Waals surface area contributed by atoms with E-state index in [-0.39, 0.29) is 29.6 Å². The molecule has 0 amide bonds. The van der Waals surface area contributed by atoms with Gasteiger partial charge in [0, 0.05) is 42.4 Å². The fraction of sp³-hybridized carbons (Fsp3) is 0.111. The molecule has 105 valence electrons. The zero-order valence-electron chi connectivity index (χ0n) is 12.8. The number of benzene rings is 3. The van der Waals surface area contributed by atoms with Gasteiger partial charge < -0.3 is 0 Å². The summed E-state index contributed by atoms with van der Waals surface area (Å²) in [6, 6.07) is 17.6. The van der Waals surface area contributed by atoms with Gasteiger partial charge in [-0.2, -0.15) is 0 Å². The monoisotopic (exact) mass is 307 g/mol. The molecule has 0 unspecified atom stereocenters. The minimum Gasteiger partial charge on any atom is -0.131 e. The first-order valence-electron chi connectivity index (χ1n) is 7.35. The SMILES string of the molecule is [Na].c1ccc2cc3cc4c(cc3cc2c1)Cc1nnnnc1C4. The quantitative estimate of drug-likeness (QED) is 0.326. The van der Waals surface area contributed by atoms with Crippen molar-refractivity contribution in [2.24, 2.45) is 0 Å². The number of hydrogen-bond acceptors (Lipinski definition) is 4. The molecule has 1 radical (unpaired) electrons. The molecule has 0 N–H and O–H groups in total. The van der Waals surface area contributed by atoms with Crippen molar-refractivity contribution in [1.82, 2.24) is 20.6 Å². The Hall–Kier alpha value is -1.88. The van der Waals surface area contributed by atoms with E-state index >= 15 is 0 Å². The third-order valence-electron chi connectivity index (χ3n) is 4.44. The van der Waals surface area contributed by atoms with Gasteiger partial charge in [0.2, 0.25) is 0 Å². The van der Waals surface area contributed by atoms with Crippen LogP contribution in [0, 0.1) is 0 Å². The Kier molecular flexibility index (Phi) is 3.60. The smallest absolute Gasteiger partial charge is 0.0930 e. The van der Waals surface area contributed by atoms with Crippen molar-refractivity contribution in [1.29, 1.82) is 0 Å². The normalized spacial score (nSPS) is 12.5. The molecule has 0 atom stereocenters. The number of hydrogen-bond donors (Lipinski definition) is 0. The second-order valence-electron chi connectivity index (χ2n) is 5.79.